The SMILES string of the molecule is CC1CCN(C(=O)Nc2cc(C(=O)O)c(F)cc2F)C1. The molecule has 7 heteroatoms. The molecular weight excluding hydrogens is 270 g/mol. The van der Waals surface area contributed by atoms with Crippen molar-refractivity contribution in [2.75, 3.05) is 18.4 Å². The molecule has 1 atom stereocenters. The summed E-state index contributed by atoms with van der Waals surface area (Å²) in [7, 11) is 0. The Bertz CT molecular complexity index is 563. The first-order chi connectivity index (χ1) is 9.38. The van der Waals surface area contributed by atoms with Gasteiger partial charge in [0, 0.05) is 19.2 Å². The first-order valence-corrected chi connectivity index (χ1v) is 6.16. The molecule has 5 nitrogen and oxygen atoms in total. The molecule has 108 valence electrons. The van der Waals surface area contributed by atoms with E-state index in [9.17, 15) is 18.4 Å². The molecular formula is C13H14F2N2O3. The summed E-state index contributed by atoms with van der Waals surface area (Å²) in [6.45, 7) is 3.11. The van der Waals surface area contributed by atoms with Crippen LogP contribution in [0.4, 0.5) is 19.3 Å². The van der Waals surface area contributed by atoms with Gasteiger partial charge in [-0.3, -0.25) is 0 Å². The van der Waals surface area contributed by atoms with Crippen molar-refractivity contribution in [2.24, 2.45) is 5.92 Å². The molecule has 0 spiro atoms. The number of anilines is 1. The van der Waals surface area contributed by atoms with Crippen LogP contribution in [0.15, 0.2) is 12.1 Å². The molecule has 1 aliphatic rings. The van der Waals surface area contributed by atoms with Gasteiger partial charge in [0.2, 0.25) is 0 Å². The number of nitrogens with zero attached hydrogens (tertiary/aromatic N) is 1. The molecule has 1 heterocycles. The highest BCUT2D eigenvalue weighted by molar-refractivity contribution is 5.93. The molecule has 2 rings (SSSR count). The number of carboxylic acid groups (broad SMARTS) is 1. The van der Waals surface area contributed by atoms with E-state index >= 15 is 0 Å². The summed E-state index contributed by atoms with van der Waals surface area (Å²) in [5.74, 6) is -3.34. The number of carbonyl (C=O) groups excluding carboxylic acids is 1. The summed E-state index contributed by atoms with van der Waals surface area (Å²) in [6, 6.07) is 0.715. The van der Waals surface area contributed by atoms with Crippen molar-refractivity contribution in [1.29, 1.82) is 0 Å². The number of hydrogen-bond donors (Lipinski definition) is 2. The average molecular weight is 284 g/mol. The van der Waals surface area contributed by atoms with Gasteiger partial charge in [0.15, 0.2) is 0 Å². The van der Waals surface area contributed by atoms with Gasteiger partial charge in [0.1, 0.15) is 11.6 Å². The first-order valence-electron chi connectivity index (χ1n) is 6.16. The van der Waals surface area contributed by atoms with Crippen LogP contribution >= 0.6 is 0 Å². The molecule has 1 unspecified atom stereocenters. The first kappa shape index (κ1) is 14.2. The summed E-state index contributed by atoms with van der Waals surface area (Å²) in [5, 5.41) is 11.1. The largest absolute Gasteiger partial charge is 0.478 e. The van der Waals surface area contributed by atoms with E-state index in [0.717, 1.165) is 12.5 Å². The van der Waals surface area contributed by atoms with Crippen LogP contribution in [0.1, 0.15) is 23.7 Å². The lowest BCUT2D eigenvalue weighted by Gasteiger charge is -2.17. The van der Waals surface area contributed by atoms with Crippen LogP contribution in [0.2, 0.25) is 0 Å². The van der Waals surface area contributed by atoms with E-state index in [0.29, 0.717) is 25.1 Å². The minimum Gasteiger partial charge on any atom is -0.478 e. The number of urea groups is 1. The maximum absolute atomic E-state index is 13.6. The third-order valence-corrected chi connectivity index (χ3v) is 3.24. The number of benzene rings is 1. The predicted molar refractivity (Wildman–Crippen MR) is 67.7 cm³/mol. The Morgan fingerprint density at radius 1 is 1.35 bits per heavy atom. The molecule has 0 aliphatic carbocycles. The number of rotatable bonds is 2. The molecule has 1 aromatic rings. The lowest BCUT2D eigenvalue weighted by atomic mass is 10.2. The average Bonchev–Trinajstić information content (AvgIpc) is 2.79. The molecule has 0 aromatic heterocycles. The highest BCUT2D eigenvalue weighted by Gasteiger charge is 2.24. The number of nitrogens with one attached hydrogen (secondary N) is 1. The Morgan fingerprint density at radius 3 is 2.60 bits per heavy atom. The minimum atomic E-state index is -1.52. The number of carboxylic acids is 1. The topological polar surface area (TPSA) is 69.6 Å². The second-order valence-corrected chi connectivity index (χ2v) is 4.89. The van der Waals surface area contributed by atoms with E-state index in [2.05, 4.69) is 5.32 Å². The van der Waals surface area contributed by atoms with Crippen LogP contribution < -0.4 is 5.32 Å². The molecule has 0 bridgehead atoms. The van der Waals surface area contributed by atoms with Crippen LogP contribution in [0, 0.1) is 17.6 Å². The maximum atomic E-state index is 13.6. The third kappa shape index (κ3) is 2.87. The Labute approximate surface area is 114 Å². The standard InChI is InChI=1S/C13H14F2N2O3/c1-7-2-3-17(6-7)13(20)16-11-4-8(12(18)19)9(14)5-10(11)15/h4-5,7H,2-3,6H2,1H3,(H,16,20)(H,18,19). The van der Waals surface area contributed by atoms with Crippen molar-refractivity contribution in [3.05, 3.63) is 29.3 Å². The zero-order valence-electron chi connectivity index (χ0n) is 10.8. The molecule has 1 aromatic carbocycles. The van der Waals surface area contributed by atoms with Crippen LogP contribution in [0.5, 0.6) is 0 Å². The van der Waals surface area contributed by atoms with E-state index in [1.807, 2.05) is 6.92 Å². The number of likely N-dealkylation sites (tertiary alicyclic amines) is 1. The molecule has 1 saturated heterocycles. The molecule has 2 amide bonds. The summed E-state index contributed by atoms with van der Waals surface area (Å²) in [4.78, 5) is 24.2. The highest BCUT2D eigenvalue weighted by Crippen LogP contribution is 2.21. The van der Waals surface area contributed by atoms with E-state index in [4.69, 9.17) is 5.11 Å². The quantitative estimate of drug-likeness (QED) is 0.876. The van der Waals surface area contributed by atoms with Gasteiger partial charge in [-0.1, -0.05) is 6.92 Å². The second-order valence-electron chi connectivity index (χ2n) is 4.89. The number of carbonyl (C=O) groups is 2. The van der Waals surface area contributed by atoms with Gasteiger partial charge in [-0.15, -0.1) is 0 Å². The maximum Gasteiger partial charge on any atom is 0.338 e. The van der Waals surface area contributed by atoms with Gasteiger partial charge in [-0.05, 0) is 18.4 Å². The number of aromatic carboxylic acids is 1. The summed E-state index contributed by atoms with van der Waals surface area (Å²) >= 11 is 0. The van der Waals surface area contributed by atoms with Gasteiger partial charge in [0.25, 0.3) is 0 Å². The van der Waals surface area contributed by atoms with Crippen LogP contribution in [0.25, 0.3) is 0 Å². The fourth-order valence-electron chi connectivity index (χ4n) is 2.12. The van der Waals surface area contributed by atoms with Crippen molar-refractivity contribution in [3.8, 4) is 0 Å². The molecule has 1 aliphatic heterocycles. The summed E-state index contributed by atoms with van der Waals surface area (Å²) in [5.41, 5.74) is -1.02. The number of halogens is 2. The van der Waals surface area contributed by atoms with Gasteiger partial charge in [-0.25, -0.2) is 18.4 Å². The van der Waals surface area contributed by atoms with Gasteiger partial charge >= 0.3 is 12.0 Å². The second kappa shape index (κ2) is 5.44. The van der Waals surface area contributed by atoms with Gasteiger partial charge in [0.05, 0.1) is 11.3 Å². The Morgan fingerprint density at radius 2 is 2.05 bits per heavy atom. The molecule has 20 heavy (non-hydrogen) atoms. The van der Waals surface area contributed by atoms with Crippen molar-refractivity contribution in [3.63, 3.8) is 0 Å². The van der Waals surface area contributed by atoms with E-state index < -0.39 is 29.2 Å². The van der Waals surface area contributed by atoms with Crippen molar-refractivity contribution in [1.82, 2.24) is 4.90 Å². The van der Waals surface area contributed by atoms with E-state index in [1.54, 1.807) is 0 Å². The third-order valence-electron chi connectivity index (χ3n) is 3.24. The number of hydrogen-bond acceptors (Lipinski definition) is 2. The lowest BCUT2D eigenvalue weighted by Crippen LogP contribution is -2.33. The van der Waals surface area contributed by atoms with Crippen LogP contribution in [-0.2, 0) is 0 Å². The fraction of sp³-hybridized carbons (Fsp3) is 0.385. The van der Waals surface area contributed by atoms with Gasteiger partial charge < -0.3 is 15.3 Å². The Hall–Kier alpha value is -2.18. The Kier molecular flexibility index (Phi) is 3.87. The van der Waals surface area contributed by atoms with Crippen molar-refractivity contribution >= 4 is 17.7 Å². The zero-order valence-corrected chi connectivity index (χ0v) is 10.8. The molecule has 0 saturated carbocycles. The van der Waals surface area contributed by atoms with Crippen LogP contribution in [-0.4, -0.2) is 35.1 Å². The highest BCUT2D eigenvalue weighted by atomic mass is 19.1. The Balaban J connectivity index is 2.18. The minimum absolute atomic E-state index is 0.339. The van der Waals surface area contributed by atoms with Gasteiger partial charge in [-0.2, -0.15) is 0 Å². The molecule has 1 fully saturated rings. The van der Waals surface area contributed by atoms with Crippen molar-refractivity contribution in [2.45, 2.75) is 13.3 Å². The number of amides is 2. The predicted octanol–water partition coefficient (Wildman–Crippen LogP) is 2.54. The fourth-order valence-corrected chi connectivity index (χ4v) is 2.12. The zero-order chi connectivity index (χ0) is 14.9. The normalized spacial score (nSPS) is 18.1. The summed E-state index contributed by atoms with van der Waals surface area (Å²) in [6.07, 6.45) is 0.861. The van der Waals surface area contributed by atoms with Crippen LogP contribution in [0.3, 0.4) is 0 Å². The van der Waals surface area contributed by atoms with E-state index in [1.165, 1.54) is 4.90 Å². The molecule has 0 radical (unpaired) electrons. The lowest BCUT2D eigenvalue weighted by molar-refractivity contribution is 0.0692. The summed E-state index contributed by atoms with van der Waals surface area (Å²) < 4.78 is 26.8. The van der Waals surface area contributed by atoms with Crippen molar-refractivity contribution < 1.29 is 23.5 Å². The monoisotopic (exact) mass is 284 g/mol. The van der Waals surface area contributed by atoms with E-state index in [-0.39, 0.29) is 5.69 Å². The molecule has 2 N–H and O–H groups in total. The smallest absolute Gasteiger partial charge is 0.338 e.